The lowest BCUT2D eigenvalue weighted by Crippen LogP contribution is -2.26. The molecule has 2 rings (SSSR count). The molecule has 1 aromatic rings. The molecule has 1 aliphatic rings. The molecule has 92 valence electrons. The van der Waals surface area contributed by atoms with Gasteiger partial charge in [-0.25, -0.2) is 0 Å². The molecule has 0 bridgehead atoms. The van der Waals surface area contributed by atoms with Crippen LogP contribution in [0.4, 0.5) is 0 Å². The van der Waals surface area contributed by atoms with E-state index in [0.717, 1.165) is 30.7 Å². The monoisotopic (exact) mass is 233 g/mol. The molecule has 1 heterocycles. The predicted molar refractivity (Wildman–Crippen MR) is 67.2 cm³/mol. The second-order valence-corrected chi connectivity index (χ2v) is 4.45. The number of ether oxygens (including phenoxy) is 1. The molecule has 0 saturated carbocycles. The van der Waals surface area contributed by atoms with Gasteiger partial charge in [0.15, 0.2) is 0 Å². The van der Waals surface area contributed by atoms with E-state index in [0.29, 0.717) is 13.0 Å². The maximum Gasteiger partial charge on any atom is 0.220 e. The smallest absolute Gasteiger partial charge is 0.220 e. The van der Waals surface area contributed by atoms with Gasteiger partial charge in [0.25, 0.3) is 0 Å². The van der Waals surface area contributed by atoms with E-state index in [4.69, 9.17) is 4.74 Å². The van der Waals surface area contributed by atoms with Gasteiger partial charge in [0, 0.05) is 24.4 Å². The van der Waals surface area contributed by atoms with Gasteiger partial charge >= 0.3 is 0 Å². The van der Waals surface area contributed by atoms with Gasteiger partial charge < -0.3 is 10.1 Å². The van der Waals surface area contributed by atoms with Crippen molar-refractivity contribution >= 4 is 5.91 Å². The lowest BCUT2D eigenvalue weighted by atomic mass is 9.97. The Labute approximate surface area is 102 Å². The van der Waals surface area contributed by atoms with Crippen LogP contribution in [0.25, 0.3) is 0 Å². The number of carbonyl (C=O) groups excluding carboxylic acids is 1. The highest BCUT2D eigenvalue weighted by molar-refractivity contribution is 5.77. The molecule has 3 nitrogen and oxygen atoms in total. The highest BCUT2D eigenvalue weighted by atomic mass is 16.5. The van der Waals surface area contributed by atoms with E-state index in [1.165, 1.54) is 0 Å². The summed E-state index contributed by atoms with van der Waals surface area (Å²) in [5.41, 5.74) is 1.16. The molecule has 0 aliphatic carbocycles. The van der Waals surface area contributed by atoms with E-state index in [1.807, 2.05) is 24.3 Å². The first kappa shape index (κ1) is 12.0. The summed E-state index contributed by atoms with van der Waals surface area (Å²) >= 11 is 0. The van der Waals surface area contributed by atoms with Crippen LogP contribution in [0.5, 0.6) is 5.75 Å². The molecular formula is C14H19NO2. The van der Waals surface area contributed by atoms with E-state index >= 15 is 0 Å². The number of unbranched alkanes of at least 4 members (excludes halogenated alkanes) is 1. The highest BCUT2D eigenvalue weighted by Crippen LogP contribution is 2.35. The quantitative estimate of drug-likeness (QED) is 0.793. The van der Waals surface area contributed by atoms with Crippen molar-refractivity contribution in [3.8, 4) is 5.75 Å². The van der Waals surface area contributed by atoms with E-state index in [1.54, 1.807) is 0 Å². The van der Waals surface area contributed by atoms with Crippen LogP contribution in [-0.2, 0) is 4.79 Å². The lowest BCUT2D eigenvalue weighted by molar-refractivity contribution is -0.121. The van der Waals surface area contributed by atoms with Crippen LogP contribution in [0.3, 0.4) is 0 Å². The Morgan fingerprint density at radius 1 is 1.47 bits per heavy atom. The van der Waals surface area contributed by atoms with Gasteiger partial charge in [-0.05, 0) is 12.5 Å². The summed E-state index contributed by atoms with van der Waals surface area (Å²) in [6.45, 7) is 3.53. The maximum atomic E-state index is 11.7. The van der Waals surface area contributed by atoms with Crippen LogP contribution < -0.4 is 10.1 Å². The molecule has 1 N–H and O–H groups in total. The SMILES string of the molecule is CCCCNC(=O)CC1COc2ccccc21. The molecule has 1 unspecified atom stereocenters. The first-order valence-electron chi connectivity index (χ1n) is 6.29. The van der Waals surface area contributed by atoms with Crippen LogP contribution in [0.15, 0.2) is 24.3 Å². The zero-order chi connectivity index (χ0) is 12.1. The zero-order valence-corrected chi connectivity index (χ0v) is 10.2. The fraction of sp³-hybridized carbons (Fsp3) is 0.500. The second kappa shape index (κ2) is 5.71. The van der Waals surface area contributed by atoms with Gasteiger partial charge in [-0.15, -0.1) is 0 Å². The van der Waals surface area contributed by atoms with Crippen molar-refractivity contribution in [2.24, 2.45) is 0 Å². The topological polar surface area (TPSA) is 38.3 Å². The molecule has 1 aromatic carbocycles. The minimum Gasteiger partial charge on any atom is -0.493 e. The lowest BCUT2D eigenvalue weighted by Gasteiger charge is -2.09. The Bertz CT molecular complexity index is 390. The van der Waals surface area contributed by atoms with E-state index in [2.05, 4.69) is 12.2 Å². The van der Waals surface area contributed by atoms with Crippen molar-refractivity contribution in [3.63, 3.8) is 0 Å². The number of rotatable bonds is 5. The Balaban J connectivity index is 1.87. The van der Waals surface area contributed by atoms with Gasteiger partial charge in [0.2, 0.25) is 5.91 Å². The summed E-state index contributed by atoms with van der Waals surface area (Å²) in [7, 11) is 0. The van der Waals surface area contributed by atoms with Crippen LogP contribution in [-0.4, -0.2) is 19.1 Å². The molecule has 0 aromatic heterocycles. The Hall–Kier alpha value is -1.51. The molecule has 0 spiro atoms. The summed E-state index contributed by atoms with van der Waals surface area (Å²) in [6, 6.07) is 7.97. The molecule has 1 aliphatic heterocycles. The van der Waals surface area contributed by atoms with Crippen molar-refractivity contribution in [2.75, 3.05) is 13.2 Å². The largest absolute Gasteiger partial charge is 0.493 e. The molecule has 1 atom stereocenters. The fourth-order valence-electron chi connectivity index (χ4n) is 2.10. The number of carbonyl (C=O) groups is 1. The minimum atomic E-state index is 0.128. The molecule has 0 fully saturated rings. The Kier molecular flexibility index (Phi) is 4.02. The van der Waals surface area contributed by atoms with Crippen molar-refractivity contribution in [3.05, 3.63) is 29.8 Å². The third kappa shape index (κ3) is 2.99. The van der Waals surface area contributed by atoms with E-state index < -0.39 is 0 Å². The maximum absolute atomic E-state index is 11.7. The molecule has 1 amide bonds. The third-order valence-corrected chi connectivity index (χ3v) is 3.08. The van der Waals surface area contributed by atoms with Gasteiger partial charge in [0.1, 0.15) is 5.75 Å². The van der Waals surface area contributed by atoms with Crippen LogP contribution in [0.2, 0.25) is 0 Å². The summed E-state index contributed by atoms with van der Waals surface area (Å²) in [5, 5.41) is 2.95. The number of hydrogen-bond donors (Lipinski definition) is 1. The average Bonchev–Trinajstić information content (AvgIpc) is 2.73. The van der Waals surface area contributed by atoms with Crippen molar-refractivity contribution in [1.29, 1.82) is 0 Å². The predicted octanol–water partition coefficient (Wildman–Crippen LogP) is 2.47. The summed E-state index contributed by atoms with van der Waals surface area (Å²) in [6.07, 6.45) is 2.68. The average molecular weight is 233 g/mol. The van der Waals surface area contributed by atoms with Gasteiger partial charge in [-0.3, -0.25) is 4.79 Å². The number of amides is 1. The normalized spacial score (nSPS) is 17.4. The highest BCUT2D eigenvalue weighted by Gasteiger charge is 2.25. The van der Waals surface area contributed by atoms with Crippen LogP contribution in [0.1, 0.15) is 37.7 Å². The van der Waals surface area contributed by atoms with Crippen molar-refractivity contribution in [2.45, 2.75) is 32.1 Å². The molecule has 0 radical (unpaired) electrons. The Morgan fingerprint density at radius 3 is 3.12 bits per heavy atom. The first-order valence-corrected chi connectivity index (χ1v) is 6.29. The van der Waals surface area contributed by atoms with Gasteiger partial charge in [0.05, 0.1) is 6.61 Å². The van der Waals surface area contributed by atoms with Gasteiger partial charge in [-0.2, -0.15) is 0 Å². The minimum absolute atomic E-state index is 0.128. The first-order chi connectivity index (χ1) is 8.31. The molecule has 3 heteroatoms. The van der Waals surface area contributed by atoms with Gasteiger partial charge in [-0.1, -0.05) is 31.5 Å². The third-order valence-electron chi connectivity index (χ3n) is 3.08. The van der Waals surface area contributed by atoms with E-state index in [-0.39, 0.29) is 11.8 Å². The van der Waals surface area contributed by atoms with Crippen molar-refractivity contribution < 1.29 is 9.53 Å². The zero-order valence-electron chi connectivity index (χ0n) is 10.2. The molecular weight excluding hydrogens is 214 g/mol. The molecule has 17 heavy (non-hydrogen) atoms. The number of hydrogen-bond acceptors (Lipinski definition) is 2. The summed E-state index contributed by atoms with van der Waals surface area (Å²) < 4.78 is 5.56. The number of benzene rings is 1. The molecule has 0 saturated heterocycles. The number of nitrogens with one attached hydrogen (secondary N) is 1. The second-order valence-electron chi connectivity index (χ2n) is 4.45. The summed E-state index contributed by atoms with van der Waals surface area (Å²) in [4.78, 5) is 11.7. The van der Waals surface area contributed by atoms with E-state index in [9.17, 15) is 4.79 Å². The fourth-order valence-corrected chi connectivity index (χ4v) is 2.10. The summed E-state index contributed by atoms with van der Waals surface area (Å²) in [5.74, 6) is 1.27. The van der Waals surface area contributed by atoms with Crippen molar-refractivity contribution in [1.82, 2.24) is 5.32 Å². The number of para-hydroxylation sites is 1. The standard InChI is InChI=1S/C14H19NO2/c1-2-3-8-15-14(16)9-11-10-17-13-7-5-4-6-12(11)13/h4-7,11H,2-3,8-10H2,1H3,(H,15,16). The van der Waals surface area contributed by atoms with Crippen LogP contribution >= 0.6 is 0 Å². The number of fused-ring (bicyclic) bond motifs is 1. The Morgan fingerprint density at radius 2 is 2.29 bits per heavy atom. The van der Waals surface area contributed by atoms with Crippen LogP contribution in [0, 0.1) is 0 Å².